The molecular formula is C19H20N2O. The van der Waals surface area contributed by atoms with Crippen LogP contribution < -0.4 is 10.6 Å². The molecular weight excluding hydrogens is 272 g/mol. The van der Waals surface area contributed by atoms with E-state index in [1.807, 2.05) is 67.7 Å². The summed E-state index contributed by atoms with van der Waals surface area (Å²) in [5.41, 5.74) is 8.01. The second-order valence-electron chi connectivity index (χ2n) is 5.42. The van der Waals surface area contributed by atoms with Crippen molar-refractivity contribution in [2.24, 2.45) is 5.73 Å². The second kappa shape index (κ2) is 6.08. The number of aromatic hydroxyl groups is 1. The minimum Gasteiger partial charge on any atom is -0.508 e. The first-order valence-electron chi connectivity index (χ1n) is 7.41. The SMILES string of the molecule is CN(c1ccccc1)C(CN)c1c(O)ccc2ccccc12. The summed E-state index contributed by atoms with van der Waals surface area (Å²) in [6, 6.07) is 21.8. The monoisotopic (exact) mass is 292 g/mol. The zero-order valence-corrected chi connectivity index (χ0v) is 12.6. The summed E-state index contributed by atoms with van der Waals surface area (Å²) in [6.07, 6.45) is 0. The van der Waals surface area contributed by atoms with E-state index in [1.165, 1.54) is 0 Å². The van der Waals surface area contributed by atoms with Crippen LogP contribution in [0.5, 0.6) is 5.75 Å². The maximum Gasteiger partial charge on any atom is 0.121 e. The number of fused-ring (bicyclic) bond motifs is 1. The first-order chi connectivity index (χ1) is 10.7. The lowest BCUT2D eigenvalue weighted by atomic mass is 9.96. The Hall–Kier alpha value is -2.52. The molecule has 22 heavy (non-hydrogen) atoms. The number of anilines is 1. The van der Waals surface area contributed by atoms with Gasteiger partial charge < -0.3 is 15.7 Å². The van der Waals surface area contributed by atoms with Crippen LogP contribution in [-0.4, -0.2) is 18.7 Å². The highest BCUT2D eigenvalue weighted by Gasteiger charge is 2.21. The third-order valence-corrected chi connectivity index (χ3v) is 4.14. The van der Waals surface area contributed by atoms with E-state index in [4.69, 9.17) is 5.73 Å². The summed E-state index contributed by atoms with van der Waals surface area (Å²) < 4.78 is 0. The third-order valence-electron chi connectivity index (χ3n) is 4.14. The standard InChI is InChI=1S/C19H20N2O/c1-21(15-8-3-2-4-9-15)17(13-20)19-16-10-6-5-7-14(16)11-12-18(19)22/h2-12,17,22H,13,20H2,1H3. The number of para-hydroxylation sites is 1. The van der Waals surface area contributed by atoms with Crippen molar-refractivity contribution in [2.45, 2.75) is 6.04 Å². The molecule has 0 aromatic heterocycles. The van der Waals surface area contributed by atoms with Gasteiger partial charge in [0, 0.05) is 24.8 Å². The van der Waals surface area contributed by atoms with Gasteiger partial charge in [-0.2, -0.15) is 0 Å². The van der Waals surface area contributed by atoms with Crippen molar-refractivity contribution in [1.82, 2.24) is 0 Å². The molecule has 3 heteroatoms. The smallest absolute Gasteiger partial charge is 0.121 e. The van der Waals surface area contributed by atoms with Crippen LogP contribution in [0.15, 0.2) is 66.7 Å². The first-order valence-corrected chi connectivity index (χ1v) is 7.41. The lowest BCUT2D eigenvalue weighted by molar-refractivity contribution is 0.462. The molecule has 3 nitrogen and oxygen atoms in total. The second-order valence-corrected chi connectivity index (χ2v) is 5.42. The zero-order chi connectivity index (χ0) is 15.5. The molecule has 0 heterocycles. The average Bonchev–Trinajstić information content (AvgIpc) is 2.58. The number of phenolic OH excluding ortho intramolecular Hbond substituents is 1. The van der Waals surface area contributed by atoms with Crippen LogP contribution >= 0.6 is 0 Å². The summed E-state index contributed by atoms with van der Waals surface area (Å²) in [4.78, 5) is 2.11. The van der Waals surface area contributed by atoms with Crippen molar-refractivity contribution >= 4 is 16.5 Å². The summed E-state index contributed by atoms with van der Waals surface area (Å²) in [5.74, 6) is 0.289. The van der Waals surface area contributed by atoms with Crippen LogP contribution in [0.2, 0.25) is 0 Å². The van der Waals surface area contributed by atoms with E-state index in [-0.39, 0.29) is 11.8 Å². The Morgan fingerprint density at radius 1 is 0.955 bits per heavy atom. The van der Waals surface area contributed by atoms with E-state index in [2.05, 4.69) is 4.90 Å². The fourth-order valence-corrected chi connectivity index (χ4v) is 2.95. The van der Waals surface area contributed by atoms with Gasteiger partial charge in [0.1, 0.15) is 5.75 Å². The van der Waals surface area contributed by atoms with Gasteiger partial charge in [-0.25, -0.2) is 0 Å². The van der Waals surface area contributed by atoms with E-state index in [0.717, 1.165) is 22.0 Å². The van der Waals surface area contributed by atoms with Crippen molar-refractivity contribution in [3.8, 4) is 5.75 Å². The molecule has 0 saturated heterocycles. The Balaban J connectivity index is 2.13. The molecule has 0 fully saturated rings. The highest BCUT2D eigenvalue weighted by atomic mass is 16.3. The van der Waals surface area contributed by atoms with Gasteiger partial charge in [-0.05, 0) is 29.0 Å². The van der Waals surface area contributed by atoms with Gasteiger partial charge >= 0.3 is 0 Å². The number of nitrogens with two attached hydrogens (primary N) is 1. The summed E-state index contributed by atoms with van der Waals surface area (Å²) >= 11 is 0. The van der Waals surface area contributed by atoms with Crippen LogP contribution in [0, 0.1) is 0 Å². The molecule has 112 valence electrons. The molecule has 3 N–H and O–H groups in total. The fourth-order valence-electron chi connectivity index (χ4n) is 2.95. The van der Waals surface area contributed by atoms with Crippen LogP contribution in [0.3, 0.4) is 0 Å². The topological polar surface area (TPSA) is 49.5 Å². The number of hydrogen-bond donors (Lipinski definition) is 2. The molecule has 0 radical (unpaired) electrons. The molecule has 0 aliphatic carbocycles. The van der Waals surface area contributed by atoms with Gasteiger partial charge in [-0.1, -0.05) is 48.5 Å². The molecule has 0 spiro atoms. The summed E-state index contributed by atoms with van der Waals surface area (Å²) in [5, 5.41) is 12.6. The maximum absolute atomic E-state index is 10.4. The third kappa shape index (κ3) is 2.51. The van der Waals surface area contributed by atoms with E-state index >= 15 is 0 Å². The van der Waals surface area contributed by atoms with Crippen LogP contribution in [0.4, 0.5) is 5.69 Å². The quantitative estimate of drug-likeness (QED) is 0.771. The minimum absolute atomic E-state index is 0.0894. The lowest BCUT2D eigenvalue weighted by Crippen LogP contribution is -2.30. The highest BCUT2D eigenvalue weighted by molar-refractivity contribution is 5.88. The summed E-state index contributed by atoms with van der Waals surface area (Å²) in [7, 11) is 2.01. The molecule has 0 bridgehead atoms. The average molecular weight is 292 g/mol. The van der Waals surface area contributed by atoms with Crippen molar-refractivity contribution in [2.75, 3.05) is 18.5 Å². The largest absolute Gasteiger partial charge is 0.508 e. The van der Waals surface area contributed by atoms with Crippen molar-refractivity contribution in [3.63, 3.8) is 0 Å². The van der Waals surface area contributed by atoms with Gasteiger partial charge in [-0.3, -0.25) is 0 Å². The Bertz CT molecular complexity index is 771. The number of phenols is 1. The molecule has 3 aromatic carbocycles. The van der Waals surface area contributed by atoms with Crippen LogP contribution in [0.25, 0.3) is 10.8 Å². The fraction of sp³-hybridized carbons (Fsp3) is 0.158. The van der Waals surface area contributed by atoms with Gasteiger partial charge in [0.25, 0.3) is 0 Å². The van der Waals surface area contributed by atoms with Crippen molar-refractivity contribution in [3.05, 3.63) is 72.3 Å². The number of nitrogens with zero attached hydrogens (tertiary/aromatic N) is 1. The number of likely N-dealkylation sites (N-methyl/N-ethyl adjacent to an activating group) is 1. The molecule has 1 unspecified atom stereocenters. The van der Waals surface area contributed by atoms with Gasteiger partial charge in [0.05, 0.1) is 6.04 Å². The Morgan fingerprint density at radius 3 is 2.36 bits per heavy atom. The summed E-state index contributed by atoms with van der Waals surface area (Å²) in [6.45, 7) is 0.424. The first kappa shape index (κ1) is 14.4. The van der Waals surface area contributed by atoms with E-state index in [0.29, 0.717) is 6.54 Å². The normalized spacial score (nSPS) is 12.3. The zero-order valence-electron chi connectivity index (χ0n) is 12.6. The molecule has 1 atom stereocenters. The molecule has 3 aromatic rings. The van der Waals surface area contributed by atoms with Gasteiger partial charge in [0.15, 0.2) is 0 Å². The van der Waals surface area contributed by atoms with Crippen LogP contribution in [-0.2, 0) is 0 Å². The molecule has 0 aliphatic rings. The van der Waals surface area contributed by atoms with E-state index in [1.54, 1.807) is 6.07 Å². The van der Waals surface area contributed by atoms with Crippen molar-refractivity contribution in [1.29, 1.82) is 0 Å². The molecule has 3 rings (SSSR count). The lowest BCUT2D eigenvalue weighted by Gasteiger charge is -2.30. The Labute approximate surface area is 130 Å². The van der Waals surface area contributed by atoms with Crippen molar-refractivity contribution < 1.29 is 5.11 Å². The molecule has 0 amide bonds. The van der Waals surface area contributed by atoms with E-state index in [9.17, 15) is 5.11 Å². The number of rotatable bonds is 4. The molecule has 0 aliphatic heterocycles. The Morgan fingerprint density at radius 2 is 1.64 bits per heavy atom. The van der Waals surface area contributed by atoms with Gasteiger partial charge in [0.2, 0.25) is 0 Å². The number of hydrogen-bond acceptors (Lipinski definition) is 3. The predicted molar refractivity (Wildman–Crippen MR) is 92.3 cm³/mol. The Kier molecular flexibility index (Phi) is 3.98. The number of benzene rings is 3. The van der Waals surface area contributed by atoms with Crippen LogP contribution in [0.1, 0.15) is 11.6 Å². The predicted octanol–water partition coefficient (Wildman–Crippen LogP) is 3.68. The van der Waals surface area contributed by atoms with Gasteiger partial charge in [-0.15, -0.1) is 0 Å². The minimum atomic E-state index is -0.0894. The molecule has 0 saturated carbocycles. The maximum atomic E-state index is 10.4. The van der Waals surface area contributed by atoms with E-state index < -0.39 is 0 Å². The highest BCUT2D eigenvalue weighted by Crippen LogP contribution is 2.36.